The summed E-state index contributed by atoms with van der Waals surface area (Å²) in [6.45, 7) is 3.76. The third-order valence-corrected chi connectivity index (χ3v) is 2.96. The first kappa shape index (κ1) is 17.5. The van der Waals surface area contributed by atoms with Crippen molar-refractivity contribution in [1.82, 2.24) is 9.89 Å². The summed E-state index contributed by atoms with van der Waals surface area (Å²) in [6.07, 6.45) is 1.69. The lowest BCUT2D eigenvalue weighted by Crippen LogP contribution is -2.12. The van der Waals surface area contributed by atoms with Gasteiger partial charge in [-0.05, 0) is 31.0 Å². The smallest absolute Gasteiger partial charge is 0.312 e. The molecule has 0 bridgehead atoms. The summed E-state index contributed by atoms with van der Waals surface area (Å²) < 4.78 is 4.74. The summed E-state index contributed by atoms with van der Waals surface area (Å²) in [5, 5.41) is 4.93. The normalized spacial score (nSPS) is 11.3. The van der Waals surface area contributed by atoms with Crippen LogP contribution in [0.15, 0.2) is 18.3 Å². The molecule has 0 aliphatic carbocycles. The fourth-order valence-electron chi connectivity index (χ4n) is 1.99. The number of esters is 1. The highest BCUT2D eigenvalue weighted by Crippen LogP contribution is 2.24. The zero-order valence-electron chi connectivity index (χ0n) is 10.9. The summed E-state index contributed by atoms with van der Waals surface area (Å²) in [5.41, 5.74) is 2.79. The molecule has 106 valence electrons. The highest BCUT2D eigenvalue weighted by Gasteiger charge is 2.17. The Kier molecular flexibility index (Phi) is 6.12. The van der Waals surface area contributed by atoms with Crippen LogP contribution < -0.4 is 5.84 Å². The molecule has 0 amide bonds. The van der Waals surface area contributed by atoms with Crippen molar-refractivity contribution in [1.29, 1.82) is 0 Å². The molecule has 0 spiro atoms. The summed E-state index contributed by atoms with van der Waals surface area (Å²) in [6, 6.07) is 3.86. The van der Waals surface area contributed by atoms with Gasteiger partial charge in [-0.15, -0.1) is 24.8 Å². The molecule has 1 aromatic heterocycles. The van der Waals surface area contributed by atoms with Crippen LogP contribution in [0.4, 0.5) is 0 Å². The lowest BCUT2D eigenvalue weighted by Gasteiger charge is -2.11. The maximum atomic E-state index is 11.5. The Morgan fingerprint density at radius 2 is 2.05 bits per heavy atom. The van der Waals surface area contributed by atoms with Crippen LogP contribution in [0, 0.1) is 6.92 Å². The van der Waals surface area contributed by atoms with Crippen molar-refractivity contribution in [2.75, 3.05) is 13.0 Å². The number of halogens is 2. The maximum absolute atomic E-state index is 11.5. The number of carbonyl (C=O) groups is 1. The number of benzene rings is 1. The molecule has 2 rings (SSSR count). The van der Waals surface area contributed by atoms with Gasteiger partial charge in [-0.3, -0.25) is 4.79 Å². The first-order valence-electron chi connectivity index (χ1n) is 5.35. The number of rotatable bonds is 2. The predicted octanol–water partition coefficient (Wildman–Crippen LogP) is 2.18. The molecular formula is C12H17Cl2N3O2. The number of fused-ring (bicyclic) bond motifs is 1. The number of nitrogens with zero attached hydrogens (tertiary/aromatic N) is 2. The zero-order chi connectivity index (χ0) is 12.6. The van der Waals surface area contributed by atoms with Crippen molar-refractivity contribution in [3.63, 3.8) is 0 Å². The van der Waals surface area contributed by atoms with Gasteiger partial charge in [0.05, 0.1) is 24.7 Å². The minimum Gasteiger partial charge on any atom is -0.469 e. The molecule has 1 heterocycles. The van der Waals surface area contributed by atoms with Crippen LogP contribution in [-0.2, 0) is 9.53 Å². The van der Waals surface area contributed by atoms with E-state index in [0.29, 0.717) is 0 Å². The van der Waals surface area contributed by atoms with Gasteiger partial charge in [-0.25, -0.2) is 0 Å². The standard InChI is InChI=1S/C12H15N3O2.2ClH/c1-7-4-9(8(2)12(16)17-3)5-10-6-14-15(13)11(7)10;;/h4-6,8H,13H2,1-3H3;2*1H/t8-;;/m1../s1. The second-order valence-electron chi connectivity index (χ2n) is 4.11. The predicted molar refractivity (Wildman–Crippen MR) is 79.5 cm³/mol. The summed E-state index contributed by atoms with van der Waals surface area (Å²) in [7, 11) is 1.39. The monoisotopic (exact) mass is 305 g/mol. The van der Waals surface area contributed by atoms with Crippen LogP contribution in [0.25, 0.3) is 10.9 Å². The molecule has 0 radical (unpaired) electrons. The van der Waals surface area contributed by atoms with Crippen LogP contribution >= 0.6 is 24.8 Å². The maximum Gasteiger partial charge on any atom is 0.312 e. The van der Waals surface area contributed by atoms with Gasteiger partial charge in [0.2, 0.25) is 0 Å². The Morgan fingerprint density at radius 3 is 2.63 bits per heavy atom. The quantitative estimate of drug-likeness (QED) is 0.682. The summed E-state index contributed by atoms with van der Waals surface area (Å²) in [5.74, 6) is 5.17. The molecule has 0 unspecified atom stereocenters. The van der Waals surface area contributed by atoms with Gasteiger partial charge in [0, 0.05) is 5.39 Å². The molecule has 0 fully saturated rings. The molecule has 7 heteroatoms. The number of methoxy groups -OCH3 is 1. The fraction of sp³-hybridized carbons (Fsp3) is 0.333. The highest BCUT2D eigenvalue weighted by atomic mass is 35.5. The zero-order valence-corrected chi connectivity index (χ0v) is 12.5. The van der Waals surface area contributed by atoms with Gasteiger partial charge in [-0.2, -0.15) is 9.89 Å². The Balaban J connectivity index is 0.00000162. The van der Waals surface area contributed by atoms with E-state index >= 15 is 0 Å². The minimum absolute atomic E-state index is 0. The first-order chi connectivity index (χ1) is 8.04. The van der Waals surface area contributed by atoms with E-state index in [1.54, 1.807) is 6.20 Å². The second-order valence-corrected chi connectivity index (χ2v) is 4.11. The van der Waals surface area contributed by atoms with Crippen LogP contribution in [0.3, 0.4) is 0 Å². The van der Waals surface area contributed by atoms with Crippen molar-refractivity contribution in [3.05, 3.63) is 29.5 Å². The average molecular weight is 306 g/mol. The molecule has 2 N–H and O–H groups in total. The minimum atomic E-state index is -0.288. The molecule has 1 aromatic carbocycles. The molecule has 1 atom stereocenters. The van der Waals surface area contributed by atoms with Crippen LogP contribution in [0.5, 0.6) is 0 Å². The van der Waals surface area contributed by atoms with E-state index in [4.69, 9.17) is 10.6 Å². The molecule has 0 aliphatic rings. The van der Waals surface area contributed by atoms with E-state index < -0.39 is 0 Å². The van der Waals surface area contributed by atoms with Crippen molar-refractivity contribution < 1.29 is 9.53 Å². The number of aromatic nitrogens is 2. The molecule has 2 aromatic rings. The number of aryl methyl sites for hydroxylation is 1. The van der Waals surface area contributed by atoms with Gasteiger partial charge in [0.1, 0.15) is 0 Å². The number of hydrogen-bond acceptors (Lipinski definition) is 4. The Hall–Kier alpha value is -1.46. The topological polar surface area (TPSA) is 70.1 Å². The van der Waals surface area contributed by atoms with E-state index in [0.717, 1.165) is 22.0 Å². The van der Waals surface area contributed by atoms with E-state index in [9.17, 15) is 4.79 Å². The van der Waals surface area contributed by atoms with Crippen molar-refractivity contribution >= 4 is 41.7 Å². The van der Waals surface area contributed by atoms with Gasteiger partial charge < -0.3 is 10.6 Å². The first-order valence-corrected chi connectivity index (χ1v) is 5.35. The number of nitrogen functional groups attached to an aromatic ring is 1. The number of nitrogens with two attached hydrogens (primary N) is 1. The highest BCUT2D eigenvalue weighted by molar-refractivity contribution is 5.86. The molecular weight excluding hydrogens is 289 g/mol. The third kappa shape index (κ3) is 3.11. The van der Waals surface area contributed by atoms with E-state index in [1.165, 1.54) is 11.9 Å². The third-order valence-electron chi connectivity index (χ3n) is 2.96. The van der Waals surface area contributed by atoms with Crippen molar-refractivity contribution in [2.24, 2.45) is 0 Å². The molecule has 19 heavy (non-hydrogen) atoms. The number of hydrogen-bond donors (Lipinski definition) is 1. The Bertz CT molecular complexity index is 584. The molecule has 0 aliphatic heterocycles. The van der Waals surface area contributed by atoms with E-state index in [1.807, 2.05) is 26.0 Å². The molecule has 0 saturated carbocycles. The van der Waals surface area contributed by atoms with Gasteiger partial charge in [0.25, 0.3) is 0 Å². The van der Waals surface area contributed by atoms with Gasteiger partial charge in [0.15, 0.2) is 0 Å². The van der Waals surface area contributed by atoms with Crippen molar-refractivity contribution in [3.8, 4) is 0 Å². The fourth-order valence-corrected chi connectivity index (χ4v) is 1.99. The van der Waals surface area contributed by atoms with Crippen molar-refractivity contribution in [2.45, 2.75) is 19.8 Å². The summed E-state index contributed by atoms with van der Waals surface area (Å²) >= 11 is 0. The lowest BCUT2D eigenvalue weighted by atomic mass is 9.97. The van der Waals surface area contributed by atoms with Crippen LogP contribution in [0.1, 0.15) is 24.0 Å². The molecule has 0 saturated heterocycles. The largest absolute Gasteiger partial charge is 0.469 e. The van der Waals surface area contributed by atoms with Crippen LogP contribution in [-0.4, -0.2) is 23.0 Å². The lowest BCUT2D eigenvalue weighted by molar-refractivity contribution is -0.141. The second kappa shape index (κ2) is 6.63. The average Bonchev–Trinajstić information content (AvgIpc) is 2.69. The van der Waals surface area contributed by atoms with E-state index in [-0.39, 0.29) is 36.7 Å². The van der Waals surface area contributed by atoms with Crippen LogP contribution in [0.2, 0.25) is 0 Å². The van der Waals surface area contributed by atoms with Gasteiger partial charge in [-0.1, -0.05) is 6.07 Å². The Labute approximate surface area is 123 Å². The van der Waals surface area contributed by atoms with Gasteiger partial charge >= 0.3 is 5.97 Å². The Morgan fingerprint density at radius 1 is 1.42 bits per heavy atom. The summed E-state index contributed by atoms with van der Waals surface area (Å²) in [4.78, 5) is 12.8. The molecule has 5 nitrogen and oxygen atoms in total. The van der Waals surface area contributed by atoms with E-state index in [2.05, 4.69) is 5.10 Å². The number of carbonyl (C=O) groups excluding carboxylic acids is 1. The number of ether oxygens (including phenoxy) is 1. The SMILES string of the molecule is COC(=O)[C@H](C)c1cc(C)c2c(cnn2N)c1.Cl.Cl.